The van der Waals surface area contributed by atoms with Crippen molar-refractivity contribution in [2.24, 2.45) is 0 Å². The van der Waals surface area contributed by atoms with E-state index in [1.807, 2.05) is 25.1 Å². The van der Waals surface area contributed by atoms with E-state index in [2.05, 4.69) is 13.3 Å². The summed E-state index contributed by atoms with van der Waals surface area (Å²) in [6.45, 7) is 4.35. The molecular formula is C13H17O2. The van der Waals surface area contributed by atoms with Crippen molar-refractivity contribution in [3.8, 4) is 0 Å². The van der Waals surface area contributed by atoms with Crippen LogP contribution in [0.2, 0.25) is 0 Å². The molecule has 2 heteroatoms. The summed E-state index contributed by atoms with van der Waals surface area (Å²) in [5.74, 6) is -0.236. The summed E-state index contributed by atoms with van der Waals surface area (Å²) in [5, 5.41) is 0. The van der Waals surface area contributed by atoms with E-state index in [4.69, 9.17) is 4.74 Å². The molecule has 0 aromatic heterocycles. The Morgan fingerprint density at radius 1 is 1.33 bits per heavy atom. The molecule has 0 heterocycles. The number of benzene rings is 1. The maximum atomic E-state index is 11.6. The van der Waals surface area contributed by atoms with Crippen molar-refractivity contribution in [1.82, 2.24) is 0 Å². The zero-order valence-electron chi connectivity index (χ0n) is 9.32. The number of ether oxygens (including phenoxy) is 1. The fraction of sp³-hybridized carbons (Fsp3) is 0.385. The minimum absolute atomic E-state index is 0.236. The lowest BCUT2D eigenvalue weighted by atomic mass is 10.0. The lowest BCUT2D eigenvalue weighted by molar-refractivity contribution is 0.0525. The summed E-state index contributed by atoms with van der Waals surface area (Å²) in [4.78, 5) is 11.6. The van der Waals surface area contributed by atoms with Gasteiger partial charge in [0.15, 0.2) is 0 Å². The number of rotatable bonds is 5. The number of hydrogen-bond donors (Lipinski definition) is 0. The molecular weight excluding hydrogens is 188 g/mol. The van der Waals surface area contributed by atoms with Gasteiger partial charge in [0.2, 0.25) is 0 Å². The molecule has 0 saturated carbocycles. The normalized spacial score (nSPS) is 10.0. The molecule has 2 nitrogen and oxygen atoms in total. The van der Waals surface area contributed by atoms with Gasteiger partial charge in [-0.3, -0.25) is 0 Å². The molecule has 0 unspecified atom stereocenters. The molecule has 0 N–H and O–H groups in total. The van der Waals surface area contributed by atoms with Crippen molar-refractivity contribution in [2.75, 3.05) is 6.61 Å². The molecule has 0 aliphatic heterocycles. The smallest absolute Gasteiger partial charge is 0.338 e. The largest absolute Gasteiger partial charge is 0.462 e. The first kappa shape index (κ1) is 11.8. The average Bonchev–Trinajstić information content (AvgIpc) is 2.27. The highest BCUT2D eigenvalue weighted by molar-refractivity contribution is 5.91. The first-order valence-corrected chi connectivity index (χ1v) is 5.39. The van der Waals surface area contributed by atoms with Crippen LogP contribution in [0.25, 0.3) is 0 Å². The van der Waals surface area contributed by atoms with Crippen molar-refractivity contribution in [3.05, 3.63) is 41.8 Å². The van der Waals surface area contributed by atoms with Crippen molar-refractivity contribution < 1.29 is 9.53 Å². The SMILES string of the molecule is CCC[CH]c1ccccc1C(=O)OCC. The third-order valence-corrected chi connectivity index (χ3v) is 2.11. The van der Waals surface area contributed by atoms with E-state index in [-0.39, 0.29) is 5.97 Å². The number of carbonyl (C=O) groups excluding carboxylic acids is 1. The van der Waals surface area contributed by atoms with Crippen molar-refractivity contribution >= 4 is 5.97 Å². The standard InChI is InChI=1S/C13H17O2/c1-3-5-8-11-9-6-7-10-12(11)13(14)15-4-2/h6-10H,3-5H2,1-2H3. The predicted octanol–water partition coefficient (Wildman–Crippen LogP) is 3.22. The average molecular weight is 205 g/mol. The van der Waals surface area contributed by atoms with Gasteiger partial charge in [-0.05, 0) is 31.4 Å². The van der Waals surface area contributed by atoms with E-state index in [0.717, 1.165) is 18.4 Å². The van der Waals surface area contributed by atoms with Crippen LogP contribution in [-0.4, -0.2) is 12.6 Å². The highest BCUT2D eigenvalue weighted by Crippen LogP contribution is 2.14. The Labute approximate surface area is 91.3 Å². The Hall–Kier alpha value is -1.31. The number of unbranched alkanes of at least 4 members (excludes halogenated alkanes) is 1. The zero-order valence-corrected chi connectivity index (χ0v) is 9.32. The van der Waals surface area contributed by atoms with Crippen LogP contribution in [-0.2, 0) is 4.74 Å². The molecule has 1 aromatic rings. The quantitative estimate of drug-likeness (QED) is 0.690. The lowest BCUT2D eigenvalue weighted by Gasteiger charge is -2.07. The van der Waals surface area contributed by atoms with Gasteiger partial charge in [-0.2, -0.15) is 0 Å². The molecule has 81 valence electrons. The Balaban J connectivity index is 2.80. The molecule has 15 heavy (non-hydrogen) atoms. The summed E-state index contributed by atoms with van der Waals surface area (Å²) in [6.07, 6.45) is 4.14. The van der Waals surface area contributed by atoms with Gasteiger partial charge in [-0.1, -0.05) is 31.5 Å². The first-order chi connectivity index (χ1) is 7.29. The van der Waals surface area contributed by atoms with E-state index < -0.39 is 0 Å². The van der Waals surface area contributed by atoms with Gasteiger partial charge in [-0.15, -0.1) is 0 Å². The lowest BCUT2D eigenvalue weighted by Crippen LogP contribution is -2.07. The molecule has 1 aromatic carbocycles. The van der Waals surface area contributed by atoms with E-state index in [0.29, 0.717) is 12.2 Å². The van der Waals surface area contributed by atoms with Crippen LogP contribution < -0.4 is 0 Å². The molecule has 0 bridgehead atoms. The third-order valence-electron chi connectivity index (χ3n) is 2.11. The van der Waals surface area contributed by atoms with E-state index in [1.165, 1.54) is 0 Å². The van der Waals surface area contributed by atoms with Crippen LogP contribution >= 0.6 is 0 Å². The Morgan fingerprint density at radius 2 is 2.07 bits per heavy atom. The molecule has 1 rings (SSSR count). The Bertz CT molecular complexity index is 318. The minimum atomic E-state index is -0.236. The predicted molar refractivity (Wildman–Crippen MR) is 60.7 cm³/mol. The fourth-order valence-electron chi connectivity index (χ4n) is 1.37. The second-order valence-corrected chi connectivity index (χ2v) is 3.30. The molecule has 0 aliphatic carbocycles. The van der Waals surface area contributed by atoms with Gasteiger partial charge in [0.1, 0.15) is 0 Å². The molecule has 0 saturated heterocycles. The van der Waals surface area contributed by atoms with Gasteiger partial charge in [0.25, 0.3) is 0 Å². The van der Waals surface area contributed by atoms with Gasteiger partial charge >= 0.3 is 5.97 Å². The van der Waals surface area contributed by atoms with E-state index >= 15 is 0 Å². The molecule has 0 fully saturated rings. The topological polar surface area (TPSA) is 26.3 Å². The molecule has 1 radical (unpaired) electrons. The van der Waals surface area contributed by atoms with Gasteiger partial charge < -0.3 is 4.74 Å². The fourth-order valence-corrected chi connectivity index (χ4v) is 1.37. The van der Waals surface area contributed by atoms with Gasteiger partial charge in [0, 0.05) is 0 Å². The highest BCUT2D eigenvalue weighted by Gasteiger charge is 2.10. The van der Waals surface area contributed by atoms with Crippen molar-refractivity contribution in [2.45, 2.75) is 26.7 Å². The van der Waals surface area contributed by atoms with E-state index in [1.54, 1.807) is 6.07 Å². The third kappa shape index (κ3) is 3.39. The summed E-state index contributed by atoms with van der Waals surface area (Å²) >= 11 is 0. The second kappa shape index (κ2) is 6.23. The number of hydrogen-bond acceptors (Lipinski definition) is 2. The maximum absolute atomic E-state index is 11.6. The first-order valence-electron chi connectivity index (χ1n) is 5.39. The molecule has 0 amide bonds. The summed E-state index contributed by atoms with van der Waals surface area (Å²) in [5.41, 5.74) is 1.63. The molecule has 0 aliphatic rings. The van der Waals surface area contributed by atoms with E-state index in [9.17, 15) is 4.79 Å². The monoisotopic (exact) mass is 205 g/mol. The Kier molecular flexibility index (Phi) is 4.88. The highest BCUT2D eigenvalue weighted by atomic mass is 16.5. The summed E-state index contributed by atoms with van der Waals surface area (Å²) < 4.78 is 4.99. The summed E-state index contributed by atoms with van der Waals surface area (Å²) in [6, 6.07) is 7.54. The van der Waals surface area contributed by atoms with Crippen LogP contribution in [0.4, 0.5) is 0 Å². The second-order valence-electron chi connectivity index (χ2n) is 3.30. The number of esters is 1. The summed E-state index contributed by atoms with van der Waals surface area (Å²) in [7, 11) is 0. The van der Waals surface area contributed by atoms with Gasteiger partial charge in [0.05, 0.1) is 12.2 Å². The van der Waals surface area contributed by atoms with Gasteiger partial charge in [-0.25, -0.2) is 4.79 Å². The molecule has 0 atom stereocenters. The minimum Gasteiger partial charge on any atom is -0.462 e. The van der Waals surface area contributed by atoms with Crippen LogP contribution in [0.15, 0.2) is 24.3 Å². The van der Waals surface area contributed by atoms with Crippen LogP contribution in [0.1, 0.15) is 42.6 Å². The van der Waals surface area contributed by atoms with Crippen LogP contribution in [0.3, 0.4) is 0 Å². The van der Waals surface area contributed by atoms with Crippen molar-refractivity contribution in [3.63, 3.8) is 0 Å². The van der Waals surface area contributed by atoms with Crippen LogP contribution in [0, 0.1) is 6.42 Å². The number of carbonyl (C=O) groups is 1. The maximum Gasteiger partial charge on any atom is 0.338 e. The molecule has 0 spiro atoms. The Morgan fingerprint density at radius 3 is 2.73 bits per heavy atom. The van der Waals surface area contributed by atoms with Crippen LogP contribution in [0.5, 0.6) is 0 Å². The zero-order chi connectivity index (χ0) is 11.1. The van der Waals surface area contributed by atoms with Crippen molar-refractivity contribution in [1.29, 1.82) is 0 Å².